The molecule has 3 aromatic carbocycles. The zero-order valence-corrected chi connectivity index (χ0v) is 37.8. The second-order valence-electron chi connectivity index (χ2n) is 19.3. The molecular formula is C50H59Cl2FN6O5. The Morgan fingerprint density at radius 3 is 2.33 bits per heavy atom. The molecule has 4 atom stereocenters. The van der Waals surface area contributed by atoms with Crippen LogP contribution in [0, 0.1) is 17.7 Å². The van der Waals surface area contributed by atoms with Crippen molar-refractivity contribution < 1.29 is 28.4 Å². The van der Waals surface area contributed by atoms with Gasteiger partial charge in [-0.2, -0.15) is 0 Å². The average Bonchev–Trinajstić information content (AvgIpc) is 3.75. The van der Waals surface area contributed by atoms with Gasteiger partial charge in [-0.15, -0.1) is 0 Å². The highest BCUT2D eigenvalue weighted by atomic mass is 35.5. The molecule has 11 nitrogen and oxygen atoms in total. The van der Waals surface area contributed by atoms with Gasteiger partial charge in [-0.05, 0) is 124 Å². The summed E-state index contributed by atoms with van der Waals surface area (Å²) in [6, 6.07) is 16.9. The predicted octanol–water partition coefficient (Wildman–Crippen LogP) is 8.32. The first-order valence-electron chi connectivity index (χ1n) is 23.6. The highest BCUT2D eigenvalue weighted by Gasteiger charge is 2.72. The Labute approximate surface area is 384 Å². The molecule has 3 saturated heterocycles. The summed E-state index contributed by atoms with van der Waals surface area (Å²) in [5, 5.41) is 16.2. The molecule has 64 heavy (non-hydrogen) atoms. The van der Waals surface area contributed by atoms with Gasteiger partial charge in [0.05, 0.1) is 11.1 Å². The van der Waals surface area contributed by atoms with Crippen molar-refractivity contribution in [2.75, 3.05) is 23.7 Å². The lowest BCUT2D eigenvalue weighted by molar-refractivity contribution is -0.138. The molecule has 0 bridgehead atoms. The lowest BCUT2D eigenvalue weighted by Gasteiger charge is -2.47. The molecule has 2 saturated carbocycles. The minimum atomic E-state index is -1.28. The number of nitrogens with zero attached hydrogens (tertiary/aromatic N) is 1. The van der Waals surface area contributed by atoms with Crippen LogP contribution in [0.1, 0.15) is 125 Å². The monoisotopic (exact) mass is 912 g/mol. The summed E-state index contributed by atoms with van der Waals surface area (Å²) in [5.41, 5.74) is 1.59. The summed E-state index contributed by atoms with van der Waals surface area (Å²) in [4.78, 5) is 68.8. The fraction of sp³-hybridized carbons (Fsp3) is 0.540. The van der Waals surface area contributed by atoms with Gasteiger partial charge in [-0.3, -0.25) is 34.6 Å². The van der Waals surface area contributed by atoms with E-state index in [2.05, 4.69) is 43.6 Å². The number of unbranched alkanes of at least 4 members (excludes halogenated alkanes) is 1. The largest absolute Gasteiger partial charge is 0.374 e. The Morgan fingerprint density at radius 1 is 0.844 bits per heavy atom. The van der Waals surface area contributed by atoms with Crippen molar-refractivity contribution >= 4 is 64.1 Å². The number of nitrogens with one attached hydrogen (secondary N) is 5. The Hall–Kier alpha value is -4.52. The summed E-state index contributed by atoms with van der Waals surface area (Å²) < 4.78 is 16.3. The van der Waals surface area contributed by atoms with Crippen LogP contribution in [0.4, 0.5) is 15.8 Å². The minimum absolute atomic E-state index is 0.0579. The summed E-state index contributed by atoms with van der Waals surface area (Å²) >= 11 is 12.8. The molecule has 0 aromatic heterocycles. The molecule has 3 aromatic rings. The lowest BCUT2D eigenvalue weighted by atomic mass is 9.55. The van der Waals surface area contributed by atoms with Crippen LogP contribution >= 0.6 is 23.2 Å². The number of benzene rings is 3. The number of carbonyl (C=O) groups is 5. The normalized spacial score (nSPS) is 27.9. The quantitative estimate of drug-likeness (QED) is 0.0960. The van der Waals surface area contributed by atoms with E-state index >= 15 is 4.39 Å². The van der Waals surface area contributed by atoms with Crippen molar-refractivity contribution in [3.05, 3.63) is 93.2 Å². The first-order chi connectivity index (χ1) is 31.0. The van der Waals surface area contributed by atoms with Crippen molar-refractivity contribution in [1.29, 1.82) is 0 Å². The number of piperidine rings is 2. The molecule has 4 heterocycles. The molecule has 6 aliphatic rings. The van der Waals surface area contributed by atoms with Crippen molar-refractivity contribution in [3.8, 4) is 0 Å². The topological polar surface area (TPSA) is 149 Å². The van der Waals surface area contributed by atoms with E-state index < -0.39 is 28.7 Å². The van der Waals surface area contributed by atoms with E-state index in [0.29, 0.717) is 68.0 Å². The Bertz CT molecular complexity index is 2270. The number of carbonyl (C=O) groups excluding carboxylic acids is 5. The number of amides is 5. The van der Waals surface area contributed by atoms with E-state index in [-0.39, 0.29) is 58.1 Å². The number of rotatable bonds is 11. The second-order valence-corrected chi connectivity index (χ2v) is 20.1. The zero-order chi connectivity index (χ0) is 44.6. The second kappa shape index (κ2) is 18.8. The number of fused-ring (bicyclic) bond motifs is 3. The summed E-state index contributed by atoms with van der Waals surface area (Å²) in [6.45, 7) is 1.56. The first-order valence-corrected chi connectivity index (χ1v) is 24.3. The summed E-state index contributed by atoms with van der Waals surface area (Å²) in [7, 11) is 0. The predicted molar refractivity (Wildman–Crippen MR) is 246 cm³/mol. The van der Waals surface area contributed by atoms with E-state index in [0.717, 1.165) is 82.1 Å². The fourth-order valence-electron chi connectivity index (χ4n) is 12.3. The van der Waals surface area contributed by atoms with Gasteiger partial charge in [0.1, 0.15) is 17.3 Å². The van der Waals surface area contributed by atoms with Crippen molar-refractivity contribution in [2.45, 2.75) is 144 Å². The number of hydrogen-bond donors (Lipinski definition) is 5. The van der Waals surface area contributed by atoms with Crippen molar-refractivity contribution in [2.24, 2.45) is 11.8 Å². The molecule has 2 spiro atoms. The summed E-state index contributed by atoms with van der Waals surface area (Å²) in [6.07, 6.45) is 14.0. The van der Waals surface area contributed by atoms with Crippen LogP contribution in [-0.4, -0.2) is 71.2 Å². The van der Waals surface area contributed by atoms with Crippen LogP contribution in [0.3, 0.4) is 0 Å². The first kappa shape index (κ1) is 44.7. The maximum absolute atomic E-state index is 16.3. The maximum atomic E-state index is 16.3. The number of hydrogen-bond acceptors (Lipinski definition) is 7. The Morgan fingerprint density at radius 2 is 1.59 bits per heavy atom. The van der Waals surface area contributed by atoms with Gasteiger partial charge in [0.25, 0.3) is 0 Å². The molecule has 5 amide bonds. The minimum Gasteiger partial charge on any atom is -0.374 e. The molecule has 1 unspecified atom stereocenters. The molecule has 340 valence electrons. The van der Waals surface area contributed by atoms with Gasteiger partial charge in [0.15, 0.2) is 0 Å². The maximum Gasteiger partial charge on any atom is 0.249 e. The third kappa shape index (κ3) is 8.55. The van der Waals surface area contributed by atoms with Gasteiger partial charge in [-0.1, -0.05) is 85.6 Å². The van der Waals surface area contributed by atoms with E-state index in [9.17, 15) is 24.0 Å². The number of anilines is 2. The molecule has 0 radical (unpaired) electrons. The average molecular weight is 914 g/mol. The van der Waals surface area contributed by atoms with E-state index in [1.54, 1.807) is 24.3 Å². The molecule has 5 fully saturated rings. The van der Waals surface area contributed by atoms with Crippen LogP contribution in [-0.2, 0) is 35.8 Å². The molecule has 14 heteroatoms. The highest BCUT2D eigenvalue weighted by molar-refractivity contribution is 6.31. The van der Waals surface area contributed by atoms with Gasteiger partial charge in [-0.25, -0.2) is 4.39 Å². The van der Waals surface area contributed by atoms with Crippen LogP contribution < -0.4 is 26.6 Å². The molecule has 5 N–H and O–H groups in total. The van der Waals surface area contributed by atoms with Crippen LogP contribution in [0.5, 0.6) is 0 Å². The van der Waals surface area contributed by atoms with Crippen molar-refractivity contribution in [1.82, 2.24) is 20.9 Å². The van der Waals surface area contributed by atoms with Gasteiger partial charge >= 0.3 is 0 Å². The van der Waals surface area contributed by atoms with E-state index in [4.69, 9.17) is 23.2 Å². The third-order valence-electron chi connectivity index (χ3n) is 15.5. The Kier molecular flexibility index (Phi) is 13.1. The van der Waals surface area contributed by atoms with E-state index in [1.807, 2.05) is 18.2 Å². The van der Waals surface area contributed by atoms with Gasteiger partial charge < -0.3 is 20.9 Å². The van der Waals surface area contributed by atoms with Gasteiger partial charge in [0.2, 0.25) is 29.5 Å². The molecule has 2 aliphatic carbocycles. The number of likely N-dealkylation sites (tertiary alicyclic amines) is 1. The summed E-state index contributed by atoms with van der Waals surface area (Å²) in [5.74, 6) is -1.77. The smallest absolute Gasteiger partial charge is 0.249 e. The third-order valence-corrected chi connectivity index (χ3v) is 16.0. The lowest BCUT2D eigenvalue weighted by Crippen LogP contribution is -2.60. The zero-order valence-electron chi connectivity index (χ0n) is 36.3. The highest BCUT2D eigenvalue weighted by Crippen LogP contribution is 2.63. The van der Waals surface area contributed by atoms with Crippen molar-refractivity contribution in [3.63, 3.8) is 0 Å². The van der Waals surface area contributed by atoms with Crippen LogP contribution in [0.15, 0.2) is 60.7 Å². The Balaban J connectivity index is 0.773. The van der Waals surface area contributed by atoms with Gasteiger partial charge in [0, 0.05) is 59.3 Å². The van der Waals surface area contributed by atoms with Crippen LogP contribution in [0.2, 0.25) is 10.0 Å². The fourth-order valence-corrected chi connectivity index (χ4v) is 12.6. The molecule has 4 aliphatic heterocycles. The van der Waals surface area contributed by atoms with E-state index in [1.165, 1.54) is 11.6 Å². The SMILES string of the molecule is O=C1CCC(Nc2ccc(CCCCC3CCN(C(=O)C4CCC(NC(=O)[C@@H]5NC6(CCCCC6)[C@@]6(C(=O)Nc7cc(Cl)ccc76)[C@H]5c5cccc(Cl)c5F)CC4)CC3)cc2)C(=O)N1. The standard InChI is InChI=1S/C50H59Cl2FN6O5/c51-33-15-20-37-40(29-33)56-48(64)50(37)42(36-9-6-10-38(52)43(36)53)44(58-49(50)25-4-1-5-26-49)46(62)55-35-18-13-32(14-19-35)47(63)59-27-23-31(24-28-59)8-3-2-7-30-11-16-34(17-12-30)54-39-21-22-41(60)57-45(39)61/h6,9-12,15-17,20,29,31-32,35,39,42,44,54,58H,1-5,7-8,13-14,18-19,21-28H2,(H,55,62)(H,56,64)(H,57,60,61)/t32?,35?,39?,42-,44+,50+/m0/s1. The molecular weight excluding hydrogens is 854 g/mol. The number of imide groups is 1. The number of aryl methyl sites for hydroxylation is 1. The molecule has 9 rings (SSSR count). The number of halogens is 3. The van der Waals surface area contributed by atoms with Crippen LogP contribution in [0.25, 0.3) is 0 Å².